The fraction of sp³-hybridized carbons (Fsp3) is 0.0556. The van der Waals surface area contributed by atoms with Crippen LogP contribution in [-0.4, -0.2) is 9.55 Å². The third kappa shape index (κ3) is 2.09. The van der Waals surface area contributed by atoms with Crippen molar-refractivity contribution in [1.82, 2.24) is 9.55 Å². The lowest BCUT2D eigenvalue weighted by atomic mass is 10.2. The Balaban J connectivity index is 2.21. The van der Waals surface area contributed by atoms with Crippen molar-refractivity contribution in [1.29, 1.82) is 0 Å². The molecule has 0 aliphatic carbocycles. The molecule has 0 bridgehead atoms. The molecule has 5 heteroatoms. The molecule has 0 saturated heterocycles. The van der Waals surface area contributed by atoms with Crippen molar-refractivity contribution in [2.75, 3.05) is 0 Å². The molecular formula is C18H12N2O2S. The summed E-state index contributed by atoms with van der Waals surface area (Å²) in [5, 5.41) is 0.718. The van der Waals surface area contributed by atoms with Crippen LogP contribution in [0.15, 0.2) is 64.2 Å². The van der Waals surface area contributed by atoms with Crippen molar-refractivity contribution >= 4 is 31.6 Å². The van der Waals surface area contributed by atoms with Gasteiger partial charge in [0.1, 0.15) is 16.0 Å². The summed E-state index contributed by atoms with van der Waals surface area (Å²) in [5.41, 5.74) is 0.143. The zero-order valence-electron chi connectivity index (χ0n) is 12.3. The zero-order chi connectivity index (χ0) is 16.0. The van der Waals surface area contributed by atoms with Crippen LogP contribution in [0.4, 0.5) is 0 Å². The summed E-state index contributed by atoms with van der Waals surface area (Å²) in [6.45, 7) is 1.78. The highest BCUT2D eigenvalue weighted by Crippen LogP contribution is 2.22. The number of rotatable bonds is 1. The lowest BCUT2D eigenvalue weighted by Gasteiger charge is -2.10. The number of aromatic nitrogens is 2. The Kier molecular flexibility index (Phi) is 3.09. The Bertz CT molecular complexity index is 1160. The Hall–Kier alpha value is -2.79. The van der Waals surface area contributed by atoms with Gasteiger partial charge in [0.15, 0.2) is 0 Å². The summed E-state index contributed by atoms with van der Waals surface area (Å²) in [7, 11) is 0. The summed E-state index contributed by atoms with van der Waals surface area (Å²) in [6, 6.07) is 16.6. The van der Waals surface area contributed by atoms with Crippen molar-refractivity contribution in [3.8, 4) is 5.69 Å². The minimum absolute atomic E-state index is 0.156. The van der Waals surface area contributed by atoms with Crippen LogP contribution < -0.4 is 11.0 Å². The number of hydrogen-bond acceptors (Lipinski definition) is 4. The average Bonchev–Trinajstić information content (AvgIpc) is 2.55. The molecule has 0 fully saturated rings. The van der Waals surface area contributed by atoms with Gasteiger partial charge in [-0.3, -0.25) is 14.2 Å². The van der Waals surface area contributed by atoms with E-state index in [0.717, 1.165) is 4.70 Å². The van der Waals surface area contributed by atoms with Crippen molar-refractivity contribution < 1.29 is 0 Å². The average molecular weight is 320 g/mol. The van der Waals surface area contributed by atoms with Gasteiger partial charge in [-0.25, -0.2) is 4.98 Å². The number of aryl methyl sites for hydroxylation is 1. The molecule has 0 atom stereocenters. The molecule has 0 unspecified atom stereocenters. The first-order valence-corrected chi connectivity index (χ1v) is 7.99. The molecular weight excluding hydrogens is 308 g/mol. The molecule has 2 aromatic carbocycles. The number of fused-ring (bicyclic) bond motifs is 2. The highest BCUT2D eigenvalue weighted by molar-refractivity contribution is 7.24. The molecule has 112 valence electrons. The second-order valence-corrected chi connectivity index (χ2v) is 6.27. The first-order chi connectivity index (χ1) is 11.2. The van der Waals surface area contributed by atoms with E-state index in [1.165, 1.54) is 15.9 Å². The van der Waals surface area contributed by atoms with Gasteiger partial charge in [0.05, 0.1) is 5.69 Å². The normalized spacial score (nSPS) is 11.2. The maximum Gasteiger partial charge on any atom is 0.270 e. The van der Waals surface area contributed by atoms with Crippen molar-refractivity contribution in [2.24, 2.45) is 0 Å². The van der Waals surface area contributed by atoms with Crippen molar-refractivity contribution in [2.45, 2.75) is 6.92 Å². The topological polar surface area (TPSA) is 52.0 Å². The van der Waals surface area contributed by atoms with Crippen molar-refractivity contribution in [3.63, 3.8) is 0 Å². The van der Waals surface area contributed by atoms with Gasteiger partial charge in [-0.15, -0.1) is 11.3 Å². The molecule has 0 aliphatic rings. The van der Waals surface area contributed by atoms with E-state index >= 15 is 0 Å². The molecule has 23 heavy (non-hydrogen) atoms. The van der Waals surface area contributed by atoms with Crippen molar-refractivity contribution in [3.05, 3.63) is 81.0 Å². The number of para-hydroxylation sites is 1. The zero-order valence-corrected chi connectivity index (χ0v) is 13.1. The van der Waals surface area contributed by atoms with Gasteiger partial charge >= 0.3 is 0 Å². The second kappa shape index (κ2) is 5.14. The largest absolute Gasteiger partial charge is 0.288 e. The van der Waals surface area contributed by atoms with Gasteiger partial charge in [-0.2, -0.15) is 0 Å². The first kappa shape index (κ1) is 13.8. The van der Waals surface area contributed by atoms with E-state index in [1.807, 2.05) is 42.5 Å². The minimum Gasteiger partial charge on any atom is -0.288 e. The monoisotopic (exact) mass is 320 g/mol. The van der Waals surface area contributed by atoms with E-state index < -0.39 is 0 Å². The third-order valence-corrected chi connectivity index (χ3v) is 4.86. The molecule has 0 radical (unpaired) electrons. The van der Waals surface area contributed by atoms with Crippen LogP contribution >= 0.6 is 11.3 Å². The molecule has 2 aromatic heterocycles. The maximum absolute atomic E-state index is 12.9. The van der Waals surface area contributed by atoms with Gasteiger partial charge in [-0.05, 0) is 31.2 Å². The fourth-order valence-corrected chi connectivity index (χ4v) is 3.82. The molecule has 0 saturated carbocycles. The summed E-state index contributed by atoms with van der Waals surface area (Å²) < 4.78 is 2.33. The number of nitrogens with zero attached hydrogens (tertiary/aromatic N) is 2. The smallest absolute Gasteiger partial charge is 0.270 e. The van der Waals surface area contributed by atoms with Crippen LogP contribution in [0.5, 0.6) is 0 Å². The van der Waals surface area contributed by atoms with Crippen LogP contribution in [0, 0.1) is 6.92 Å². The molecule has 0 aliphatic heterocycles. The summed E-state index contributed by atoms with van der Waals surface area (Å²) in [4.78, 5) is 30.7. The van der Waals surface area contributed by atoms with Gasteiger partial charge in [0.25, 0.3) is 5.56 Å². The Morgan fingerprint density at radius 1 is 0.957 bits per heavy atom. The Morgan fingerprint density at radius 3 is 2.43 bits per heavy atom. The highest BCUT2D eigenvalue weighted by atomic mass is 32.1. The third-order valence-electron chi connectivity index (χ3n) is 3.80. The van der Waals surface area contributed by atoms with E-state index in [4.69, 9.17) is 0 Å². The van der Waals surface area contributed by atoms with Crippen LogP contribution in [0.25, 0.3) is 26.0 Å². The molecule has 2 heterocycles. The Morgan fingerprint density at radius 2 is 1.65 bits per heavy atom. The van der Waals surface area contributed by atoms with Gasteiger partial charge < -0.3 is 0 Å². The van der Waals surface area contributed by atoms with Crippen LogP contribution in [0.1, 0.15) is 5.82 Å². The molecule has 4 aromatic rings. The van der Waals surface area contributed by atoms with Crippen LogP contribution in [0.2, 0.25) is 0 Å². The number of hydrogen-bond donors (Lipinski definition) is 0. The lowest BCUT2D eigenvalue weighted by molar-refractivity contribution is 0.896. The molecule has 4 nitrogen and oxygen atoms in total. The summed E-state index contributed by atoms with van der Waals surface area (Å²) in [5.74, 6) is 0.569. The van der Waals surface area contributed by atoms with Crippen LogP contribution in [0.3, 0.4) is 0 Å². The summed E-state index contributed by atoms with van der Waals surface area (Å²) >= 11 is 1.37. The van der Waals surface area contributed by atoms with E-state index in [1.54, 1.807) is 19.1 Å². The predicted octanol–water partition coefficient (Wildman–Crippen LogP) is 3.27. The van der Waals surface area contributed by atoms with E-state index in [-0.39, 0.29) is 16.4 Å². The lowest BCUT2D eigenvalue weighted by Crippen LogP contribution is -2.26. The predicted molar refractivity (Wildman–Crippen MR) is 93.7 cm³/mol. The first-order valence-electron chi connectivity index (χ1n) is 7.17. The molecule has 0 spiro atoms. The minimum atomic E-state index is -0.314. The molecule has 0 amide bonds. The second-order valence-electron chi connectivity index (χ2n) is 5.24. The van der Waals surface area contributed by atoms with Gasteiger partial charge in [-0.1, -0.05) is 30.3 Å². The van der Waals surface area contributed by atoms with E-state index in [9.17, 15) is 9.59 Å². The Labute approximate surface area is 135 Å². The fourth-order valence-electron chi connectivity index (χ4n) is 2.73. The maximum atomic E-state index is 12.9. The molecule has 4 rings (SSSR count). The van der Waals surface area contributed by atoms with E-state index in [2.05, 4.69) is 4.98 Å². The van der Waals surface area contributed by atoms with Gasteiger partial charge in [0, 0.05) is 10.1 Å². The summed E-state index contributed by atoms with van der Waals surface area (Å²) in [6.07, 6.45) is 0. The van der Waals surface area contributed by atoms with Crippen LogP contribution in [-0.2, 0) is 0 Å². The quantitative estimate of drug-likeness (QED) is 0.506. The highest BCUT2D eigenvalue weighted by Gasteiger charge is 2.15. The molecule has 0 N–H and O–H groups in total. The van der Waals surface area contributed by atoms with E-state index in [0.29, 0.717) is 21.7 Å². The standard InChI is InChI=1S/C18H12N2O2S/c1-11-19-17-15(16(21)13-9-5-6-10-14(13)23-17)18(22)20(11)12-7-3-2-4-8-12/h2-10H,1H3. The SMILES string of the molecule is Cc1nc2sc3ccccc3c(=O)c2c(=O)n1-c1ccccc1. The van der Waals surface area contributed by atoms with Gasteiger partial charge in [0.2, 0.25) is 5.43 Å². The number of benzene rings is 2.